The van der Waals surface area contributed by atoms with Crippen molar-refractivity contribution < 1.29 is 74.0 Å². The Labute approximate surface area is 311 Å². The van der Waals surface area contributed by atoms with Gasteiger partial charge in [0.15, 0.2) is 0 Å². The van der Waals surface area contributed by atoms with Crippen molar-refractivity contribution in [3.63, 3.8) is 0 Å². The van der Waals surface area contributed by atoms with Crippen molar-refractivity contribution in [3.05, 3.63) is 61.2 Å². The zero-order valence-corrected chi connectivity index (χ0v) is 29.7. The lowest BCUT2D eigenvalue weighted by atomic mass is 9.94. The van der Waals surface area contributed by atoms with Crippen LogP contribution in [0.2, 0.25) is 0 Å². The van der Waals surface area contributed by atoms with Gasteiger partial charge in [-0.2, -0.15) is 44.6 Å². The highest BCUT2D eigenvalue weighted by molar-refractivity contribution is 5.97. The number of aliphatic carboxylic acids is 3. The average Bonchev–Trinajstić information content (AvgIpc) is 3.65. The summed E-state index contributed by atoms with van der Waals surface area (Å²) in [5, 5.41) is 29.4. The number of carbonyl (C=O) groups is 4. The number of amides is 1. The fourth-order valence-electron chi connectivity index (χ4n) is 4.58. The van der Waals surface area contributed by atoms with E-state index in [1.54, 1.807) is 11.2 Å². The first kappa shape index (κ1) is 46.0. The van der Waals surface area contributed by atoms with Crippen LogP contribution in [0.15, 0.2) is 61.2 Å². The smallest absolute Gasteiger partial charge is 0.475 e. The van der Waals surface area contributed by atoms with Gasteiger partial charge in [-0.15, -0.1) is 0 Å². The predicted molar refractivity (Wildman–Crippen MR) is 182 cm³/mol. The molecular weight excluding hydrogens is 777 g/mol. The van der Waals surface area contributed by atoms with Crippen molar-refractivity contribution in [3.8, 4) is 11.1 Å². The van der Waals surface area contributed by atoms with Crippen molar-refractivity contribution in [2.75, 3.05) is 47.9 Å². The van der Waals surface area contributed by atoms with E-state index in [1.165, 1.54) is 0 Å². The monoisotopic (exact) mass is 811 g/mol. The number of hydrogen-bond acceptors (Lipinski definition) is 9. The Bertz CT molecular complexity index is 1900. The number of benzene rings is 2. The number of carbonyl (C=O) groups excluding carboxylic acids is 1. The van der Waals surface area contributed by atoms with Gasteiger partial charge in [0.25, 0.3) is 0 Å². The van der Waals surface area contributed by atoms with Crippen molar-refractivity contribution in [1.82, 2.24) is 20.2 Å². The number of H-pyrrole nitrogens is 1. The Kier molecular flexibility index (Phi) is 15.2. The molecule has 0 atom stereocenters. The molecule has 0 radical (unpaired) electrons. The van der Waals surface area contributed by atoms with Gasteiger partial charge in [0.2, 0.25) is 5.91 Å². The van der Waals surface area contributed by atoms with Crippen molar-refractivity contribution in [1.29, 1.82) is 0 Å². The third kappa shape index (κ3) is 13.6. The molecule has 4 aromatic rings. The number of rotatable bonds is 4. The van der Waals surface area contributed by atoms with Gasteiger partial charge in [-0.3, -0.25) is 9.89 Å². The van der Waals surface area contributed by atoms with Gasteiger partial charge in [-0.05, 0) is 35.9 Å². The molecule has 0 aliphatic carbocycles. The summed E-state index contributed by atoms with van der Waals surface area (Å²) < 4.78 is 95.2. The van der Waals surface area contributed by atoms with E-state index in [2.05, 4.69) is 54.2 Å². The van der Waals surface area contributed by atoms with E-state index in [4.69, 9.17) is 29.7 Å². The molecule has 1 saturated heterocycles. The van der Waals surface area contributed by atoms with Crippen molar-refractivity contribution in [2.24, 2.45) is 5.41 Å². The first-order valence-corrected chi connectivity index (χ1v) is 15.7. The van der Waals surface area contributed by atoms with E-state index in [0.29, 0.717) is 0 Å². The van der Waals surface area contributed by atoms with Gasteiger partial charge in [0, 0.05) is 67.2 Å². The zero-order chi connectivity index (χ0) is 42.8. The van der Waals surface area contributed by atoms with Gasteiger partial charge in [0.1, 0.15) is 12.1 Å². The van der Waals surface area contributed by atoms with Crippen LogP contribution in [0.4, 0.5) is 56.7 Å². The molecule has 56 heavy (non-hydrogen) atoms. The van der Waals surface area contributed by atoms with Crippen LogP contribution in [0.1, 0.15) is 20.8 Å². The number of nitrogens with zero attached hydrogens (tertiary/aromatic N) is 6. The summed E-state index contributed by atoms with van der Waals surface area (Å²) in [5.41, 5.74) is 4.69. The van der Waals surface area contributed by atoms with E-state index in [-0.39, 0.29) is 5.91 Å². The Hall–Kier alpha value is -6.16. The molecule has 5 rings (SSSR count). The first-order valence-electron chi connectivity index (χ1n) is 15.7. The van der Waals surface area contributed by atoms with Crippen LogP contribution in [0.3, 0.4) is 0 Å². The van der Waals surface area contributed by atoms with Crippen LogP contribution in [0.25, 0.3) is 22.0 Å². The number of nitrogens with one attached hydrogen (secondary N) is 1. The maximum absolute atomic E-state index is 12.7. The summed E-state index contributed by atoms with van der Waals surface area (Å²) in [6.07, 6.45) is -9.89. The minimum atomic E-state index is -5.08. The number of aromatic amines is 1. The fourth-order valence-corrected chi connectivity index (χ4v) is 4.58. The topological polar surface area (TPSA) is 193 Å². The molecule has 1 amide bonds. The van der Waals surface area contributed by atoms with Crippen LogP contribution < -0.4 is 14.7 Å². The number of aromatic nitrogens is 4. The lowest BCUT2D eigenvalue weighted by Gasteiger charge is -2.37. The molecule has 3 heterocycles. The number of carboxylic acid groups (broad SMARTS) is 3. The molecule has 0 unspecified atom stereocenters. The number of carboxylic acids is 3. The second-order valence-corrected chi connectivity index (χ2v) is 12.4. The van der Waals surface area contributed by atoms with E-state index < -0.39 is 41.9 Å². The summed E-state index contributed by atoms with van der Waals surface area (Å²) in [6.45, 7) is 9.28. The van der Waals surface area contributed by atoms with Crippen LogP contribution >= 0.6 is 0 Å². The Morgan fingerprint density at radius 1 is 0.714 bits per heavy atom. The van der Waals surface area contributed by atoms with Gasteiger partial charge < -0.3 is 30.0 Å². The third-order valence-corrected chi connectivity index (χ3v) is 7.28. The largest absolute Gasteiger partial charge is 0.490 e. The van der Waals surface area contributed by atoms with Crippen LogP contribution in [-0.2, 0) is 19.2 Å². The summed E-state index contributed by atoms with van der Waals surface area (Å²) in [4.78, 5) is 55.0. The minimum Gasteiger partial charge on any atom is -0.475 e. The molecule has 0 bridgehead atoms. The number of anilines is 3. The molecule has 1 aliphatic rings. The second-order valence-electron chi connectivity index (χ2n) is 12.4. The standard InChI is InChI=1S/C27H31N7O.3C2HF3O2/c1-27(2,3)26(35)32(4)21-6-5-7-22(15-21)33-10-12-34(13-11-33)25-23-14-19(20-16-30-31-17-20)8-9-24(23)28-18-29-25;3*3-2(4,5)1(6)7/h5-9,14-18H,10-13H2,1-4H3,(H,30,31);3*(H,6,7). The van der Waals surface area contributed by atoms with Crippen LogP contribution in [0.5, 0.6) is 0 Å². The molecule has 0 spiro atoms. The van der Waals surface area contributed by atoms with Crippen molar-refractivity contribution >= 4 is 51.9 Å². The molecular formula is C33H34F9N7O7. The quantitative estimate of drug-likeness (QED) is 0.170. The summed E-state index contributed by atoms with van der Waals surface area (Å²) >= 11 is 0. The summed E-state index contributed by atoms with van der Waals surface area (Å²) in [7, 11) is 1.85. The van der Waals surface area contributed by atoms with Gasteiger partial charge in [0.05, 0.1) is 11.7 Å². The SMILES string of the molecule is CN(C(=O)C(C)(C)C)c1cccc(N2CCN(c3ncnc4ccc(-c5cn[nH]c5)cc34)CC2)c1.O=C(O)C(F)(F)F.O=C(O)C(F)(F)F.O=C(O)C(F)(F)F. The molecule has 2 aromatic carbocycles. The highest BCUT2D eigenvalue weighted by Crippen LogP contribution is 2.31. The molecule has 23 heteroatoms. The van der Waals surface area contributed by atoms with E-state index >= 15 is 0 Å². The van der Waals surface area contributed by atoms with E-state index in [9.17, 15) is 44.3 Å². The van der Waals surface area contributed by atoms with Gasteiger partial charge >= 0.3 is 36.4 Å². The van der Waals surface area contributed by atoms with E-state index in [1.807, 2.05) is 58.4 Å². The lowest BCUT2D eigenvalue weighted by molar-refractivity contribution is -0.193. The number of halogens is 9. The van der Waals surface area contributed by atoms with Crippen LogP contribution in [0, 0.1) is 5.41 Å². The van der Waals surface area contributed by atoms with E-state index in [0.717, 1.165) is 65.4 Å². The van der Waals surface area contributed by atoms with Gasteiger partial charge in [-0.25, -0.2) is 24.4 Å². The molecule has 4 N–H and O–H groups in total. The number of alkyl halides is 9. The zero-order valence-electron chi connectivity index (χ0n) is 29.7. The number of fused-ring (bicyclic) bond motifs is 1. The number of hydrogen-bond donors (Lipinski definition) is 4. The maximum Gasteiger partial charge on any atom is 0.490 e. The molecule has 2 aromatic heterocycles. The van der Waals surface area contributed by atoms with Gasteiger partial charge in [-0.1, -0.05) is 32.9 Å². The molecule has 306 valence electrons. The Morgan fingerprint density at radius 3 is 1.66 bits per heavy atom. The molecule has 1 fully saturated rings. The summed E-state index contributed by atoms with van der Waals surface area (Å²) in [6, 6.07) is 14.5. The van der Waals surface area contributed by atoms with Crippen molar-refractivity contribution in [2.45, 2.75) is 39.3 Å². The van der Waals surface area contributed by atoms with Crippen LogP contribution in [-0.4, -0.2) is 111 Å². The second kappa shape index (κ2) is 18.4. The minimum absolute atomic E-state index is 0.102. The molecule has 14 nitrogen and oxygen atoms in total. The lowest BCUT2D eigenvalue weighted by Crippen LogP contribution is -2.47. The maximum atomic E-state index is 12.7. The predicted octanol–water partition coefficient (Wildman–Crippen LogP) is 6.26. The summed E-state index contributed by atoms with van der Waals surface area (Å²) in [5.74, 6) is -7.21. The Balaban J connectivity index is 0.000000423. The third-order valence-electron chi connectivity index (χ3n) is 7.28. The first-order chi connectivity index (χ1) is 25.6. The normalized spacial score (nSPS) is 13.2. The molecule has 0 saturated carbocycles. The molecule has 1 aliphatic heterocycles. The number of piperazine rings is 1. The highest BCUT2D eigenvalue weighted by Gasteiger charge is 2.39. The average molecular weight is 812 g/mol. The fraction of sp³-hybridized carbons (Fsp3) is 0.364. The Morgan fingerprint density at radius 2 is 1.21 bits per heavy atom. The highest BCUT2D eigenvalue weighted by atomic mass is 19.4.